The average molecular weight is 651 g/mol. The number of carbonyl (C=O) groups is 1. The molecule has 5 aliphatic carbocycles. The summed E-state index contributed by atoms with van der Waals surface area (Å²) in [5, 5.41) is 75.6. The molecule has 0 radical (unpaired) electrons. The van der Waals surface area contributed by atoms with Crippen molar-refractivity contribution in [3.63, 3.8) is 0 Å². The number of allylic oxidation sites excluding steroid dienone is 1. The number of esters is 1. The quantitative estimate of drug-likeness (QED) is 0.177. The van der Waals surface area contributed by atoms with Crippen LogP contribution in [0.5, 0.6) is 0 Å². The molecule has 5 fully saturated rings. The minimum absolute atomic E-state index is 0.0940. The second kappa shape index (κ2) is 10.9. The molecular weight excluding hydrogens is 592 g/mol. The van der Waals surface area contributed by atoms with E-state index in [0.29, 0.717) is 32.1 Å². The van der Waals surface area contributed by atoms with Crippen LogP contribution in [0.1, 0.15) is 99.8 Å². The maximum atomic E-state index is 14.5. The highest BCUT2D eigenvalue weighted by atomic mass is 16.7. The number of hydrogen-bond donors (Lipinski definition) is 7. The first kappa shape index (κ1) is 34.7. The van der Waals surface area contributed by atoms with Gasteiger partial charge in [-0.2, -0.15) is 0 Å². The summed E-state index contributed by atoms with van der Waals surface area (Å²) in [6, 6.07) is 0. The SMILES string of the molecule is CC1CCC2(C(=O)OC3OC(CO)C(O)C(O)C3O)CCC3(C)C(=CC[C@H]4C3(C)CC[C@H]3C(C)(C)C(O)C(O)C[C@@]34C)[C@@H]2[C@]1(C)O. The number of aliphatic hydroxyl groups is 7. The van der Waals surface area contributed by atoms with Gasteiger partial charge >= 0.3 is 5.97 Å². The van der Waals surface area contributed by atoms with Gasteiger partial charge in [0.1, 0.15) is 24.4 Å². The maximum Gasteiger partial charge on any atom is 0.315 e. The van der Waals surface area contributed by atoms with Crippen molar-refractivity contribution in [2.24, 2.45) is 50.7 Å². The van der Waals surface area contributed by atoms with Gasteiger partial charge in [0.05, 0.1) is 29.8 Å². The Kier molecular flexibility index (Phi) is 8.27. The maximum absolute atomic E-state index is 14.5. The van der Waals surface area contributed by atoms with E-state index in [2.05, 4.69) is 40.7 Å². The minimum Gasteiger partial charge on any atom is -0.432 e. The van der Waals surface area contributed by atoms with Crippen LogP contribution in [0.4, 0.5) is 0 Å². The van der Waals surface area contributed by atoms with E-state index >= 15 is 0 Å². The third kappa shape index (κ3) is 4.39. The molecule has 0 spiro atoms. The Morgan fingerprint density at radius 2 is 1.59 bits per heavy atom. The van der Waals surface area contributed by atoms with Crippen LogP contribution < -0.4 is 0 Å². The summed E-state index contributed by atoms with van der Waals surface area (Å²) in [6.45, 7) is 14.4. The van der Waals surface area contributed by atoms with E-state index in [1.807, 2.05) is 13.8 Å². The molecule has 262 valence electrons. The molecule has 11 unspecified atom stereocenters. The van der Waals surface area contributed by atoms with Crippen LogP contribution in [0.2, 0.25) is 0 Å². The topological polar surface area (TPSA) is 177 Å². The molecule has 1 saturated heterocycles. The van der Waals surface area contributed by atoms with Gasteiger partial charge in [-0.05, 0) is 97.7 Å². The molecule has 0 aromatic heterocycles. The van der Waals surface area contributed by atoms with Gasteiger partial charge < -0.3 is 45.2 Å². The van der Waals surface area contributed by atoms with Crippen LogP contribution >= 0.6 is 0 Å². The zero-order valence-corrected chi connectivity index (χ0v) is 28.6. The number of carbonyl (C=O) groups excluding carboxylic acids is 1. The van der Waals surface area contributed by atoms with E-state index in [0.717, 1.165) is 24.8 Å². The summed E-state index contributed by atoms with van der Waals surface area (Å²) in [5.74, 6) is -0.787. The average Bonchev–Trinajstić information content (AvgIpc) is 2.98. The van der Waals surface area contributed by atoms with E-state index in [1.165, 1.54) is 0 Å². The summed E-state index contributed by atoms with van der Waals surface area (Å²) in [4.78, 5) is 14.5. The molecule has 7 N–H and O–H groups in total. The van der Waals surface area contributed by atoms with E-state index in [4.69, 9.17) is 9.47 Å². The van der Waals surface area contributed by atoms with Crippen molar-refractivity contribution in [2.45, 2.75) is 148 Å². The number of aliphatic hydroxyl groups excluding tert-OH is 6. The van der Waals surface area contributed by atoms with Gasteiger partial charge in [0.2, 0.25) is 6.29 Å². The Bertz CT molecular complexity index is 1250. The highest BCUT2D eigenvalue weighted by Gasteiger charge is 2.72. The smallest absolute Gasteiger partial charge is 0.315 e. The van der Waals surface area contributed by atoms with E-state index < -0.39 is 77.8 Å². The minimum atomic E-state index is -1.70. The fraction of sp³-hybridized carbons (Fsp3) is 0.917. The van der Waals surface area contributed by atoms with Crippen LogP contribution in [0.25, 0.3) is 0 Å². The summed E-state index contributed by atoms with van der Waals surface area (Å²) in [5.41, 5.74) is -2.44. The van der Waals surface area contributed by atoms with Crippen molar-refractivity contribution in [3.05, 3.63) is 11.6 Å². The molecule has 1 heterocycles. The molecule has 6 rings (SSSR count). The zero-order valence-electron chi connectivity index (χ0n) is 28.6. The highest BCUT2D eigenvalue weighted by molar-refractivity contribution is 5.79. The Labute approximate surface area is 273 Å². The monoisotopic (exact) mass is 650 g/mol. The van der Waals surface area contributed by atoms with Crippen LogP contribution in [-0.2, 0) is 14.3 Å². The number of ether oxygens (including phenoxy) is 2. The molecule has 46 heavy (non-hydrogen) atoms. The Morgan fingerprint density at radius 3 is 2.24 bits per heavy atom. The first-order valence-electron chi connectivity index (χ1n) is 17.5. The van der Waals surface area contributed by atoms with Gasteiger partial charge in [-0.3, -0.25) is 4.79 Å². The fourth-order valence-electron chi connectivity index (χ4n) is 12.4. The van der Waals surface area contributed by atoms with Crippen molar-refractivity contribution < 1.29 is 50.0 Å². The Hall–Kier alpha value is -1.11. The van der Waals surface area contributed by atoms with Crippen molar-refractivity contribution >= 4 is 5.97 Å². The summed E-state index contributed by atoms with van der Waals surface area (Å²) >= 11 is 0. The Morgan fingerprint density at radius 1 is 0.913 bits per heavy atom. The second-order valence-corrected chi connectivity index (χ2v) is 17.7. The molecule has 4 saturated carbocycles. The van der Waals surface area contributed by atoms with Crippen molar-refractivity contribution in [1.82, 2.24) is 0 Å². The molecule has 6 aliphatic rings. The third-order valence-electron chi connectivity index (χ3n) is 15.5. The van der Waals surface area contributed by atoms with Crippen molar-refractivity contribution in [1.29, 1.82) is 0 Å². The van der Waals surface area contributed by atoms with Crippen LogP contribution in [0, 0.1) is 50.7 Å². The first-order chi connectivity index (χ1) is 21.2. The Balaban J connectivity index is 1.39. The van der Waals surface area contributed by atoms with E-state index in [9.17, 15) is 40.5 Å². The molecule has 0 aromatic carbocycles. The standard InChI is InChI=1S/C36H58O10/c1-18-10-13-36(30(43)46-29-26(41)25(40)24(39)21(17-37)45-29)15-14-33(5)19(27(36)35(18,7)44)8-9-23-32(4)16-20(38)28(42)31(2,3)22(32)11-12-34(23,33)6/h8,18,20-29,37-42,44H,9-17H2,1-7H3/t18?,20?,21?,22-,23+,24?,25?,26?,27+,28?,29?,32-,33?,34?,35+,36?/m0/s1. The lowest BCUT2D eigenvalue weighted by molar-refractivity contribution is -0.299. The predicted octanol–water partition coefficient (Wildman–Crippen LogP) is 2.43. The molecule has 16 atom stereocenters. The predicted molar refractivity (Wildman–Crippen MR) is 168 cm³/mol. The zero-order chi connectivity index (χ0) is 34.0. The van der Waals surface area contributed by atoms with Crippen molar-refractivity contribution in [2.75, 3.05) is 6.61 Å². The third-order valence-corrected chi connectivity index (χ3v) is 15.5. The lowest BCUT2D eigenvalue weighted by atomic mass is 9.33. The van der Waals surface area contributed by atoms with Gasteiger partial charge in [-0.25, -0.2) is 0 Å². The summed E-state index contributed by atoms with van der Waals surface area (Å²) < 4.78 is 11.5. The largest absolute Gasteiger partial charge is 0.432 e. The van der Waals surface area contributed by atoms with Crippen LogP contribution in [0.3, 0.4) is 0 Å². The second-order valence-electron chi connectivity index (χ2n) is 17.7. The lowest BCUT2D eigenvalue weighted by Gasteiger charge is -2.72. The van der Waals surface area contributed by atoms with Gasteiger partial charge in [0, 0.05) is 5.92 Å². The van der Waals surface area contributed by atoms with Crippen LogP contribution in [-0.4, -0.2) is 96.8 Å². The molecule has 0 bridgehead atoms. The number of fused-ring (bicyclic) bond motifs is 7. The van der Waals surface area contributed by atoms with Crippen LogP contribution in [0.15, 0.2) is 11.6 Å². The van der Waals surface area contributed by atoms with Gasteiger partial charge in [0.15, 0.2) is 0 Å². The number of hydrogen-bond acceptors (Lipinski definition) is 10. The molecule has 10 nitrogen and oxygen atoms in total. The lowest BCUT2D eigenvalue weighted by Crippen LogP contribution is -2.69. The van der Waals surface area contributed by atoms with E-state index in [-0.39, 0.29) is 34.0 Å². The first-order valence-corrected chi connectivity index (χ1v) is 17.5. The van der Waals surface area contributed by atoms with Gasteiger partial charge in [-0.15, -0.1) is 0 Å². The molecule has 10 heteroatoms. The molecule has 0 aromatic rings. The van der Waals surface area contributed by atoms with Gasteiger partial charge in [-0.1, -0.05) is 53.2 Å². The van der Waals surface area contributed by atoms with E-state index in [1.54, 1.807) is 0 Å². The van der Waals surface area contributed by atoms with Crippen molar-refractivity contribution in [3.8, 4) is 0 Å². The number of rotatable bonds is 3. The van der Waals surface area contributed by atoms with Gasteiger partial charge in [0.25, 0.3) is 0 Å². The molecule has 1 aliphatic heterocycles. The highest BCUT2D eigenvalue weighted by Crippen LogP contribution is 2.76. The normalized spacial score (nSPS) is 56.4. The summed E-state index contributed by atoms with van der Waals surface area (Å²) in [6.07, 6.45) is -1.65. The molecular formula is C36H58O10. The fourth-order valence-corrected chi connectivity index (χ4v) is 12.4. The summed E-state index contributed by atoms with van der Waals surface area (Å²) in [7, 11) is 0. The molecule has 0 amide bonds.